The SMILES string of the molecule is O=C(NCC1(N2CCCCC2)CCCCC1)c1c[nH]c2ccccc12. The van der Waals surface area contributed by atoms with Crippen LogP contribution in [-0.4, -0.2) is 41.0 Å². The number of aromatic nitrogens is 1. The van der Waals surface area contributed by atoms with Crippen LogP contribution in [0.1, 0.15) is 61.7 Å². The molecule has 2 aliphatic rings. The fourth-order valence-electron chi connectivity index (χ4n) is 4.78. The lowest BCUT2D eigenvalue weighted by Crippen LogP contribution is -2.58. The first-order valence-corrected chi connectivity index (χ1v) is 9.88. The third-order valence-electron chi connectivity index (χ3n) is 6.22. The summed E-state index contributed by atoms with van der Waals surface area (Å²) < 4.78 is 0. The van der Waals surface area contributed by atoms with E-state index in [2.05, 4.69) is 15.2 Å². The summed E-state index contributed by atoms with van der Waals surface area (Å²) in [5, 5.41) is 4.29. The Morgan fingerprint density at radius 1 is 1.04 bits per heavy atom. The molecular formula is C21H29N3O. The molecule has 2 N–H and O–H groups in total. The van der Waals surface area contributed by atoms with Gasteiger partial charge in [0, 0.05) is 29.2 Å². The van der Waals surface area contributed by atoms with Crippen molar-refractivity contribution in [1.29, 1.82) is 0 Å². The summed E-state index contributed by atoms with van der Waals surface area (Å²) in [4.78, 5) is 18.7. The number of likely N-dealkylation sites (tertiary alicyclic amines) is 1. The normalized spacial score (nSPS) is 21.3. The molecule has 1 saturated heterocycles. The van der Waals surface area contributed by atoms with Crippen molar-refractivity contribution in [3.8, 4) is 0 Å². The quantitative estimate of drug-likeness (QED) is 0.881. The number of aromatic amines is 1. The van der Waals surface area contributed by atoms with E-state index < -0.39 is 0 Å². The molecule has 134 valence electrons. The van der Waals surface area contributed by atoms with Crippen LogP contribution in [0.15, 0.2) is 30.5 Å². The zero-order valence-corrected chi connectivity index (χ0v) is 15.0. The molecule has 2 aromatic rings. The highest BCUT2D eigenvalue weighted by molar-refractivity contribution is 6.06. The summed E-state index contributed by atoms with van der Waals surface area (Å²) in [6.45, 7) is 3.18. The second-order valence-corrected chi connectivity index (χ2v) is 7.76. The van der Waals surface area contributed by atoms with Crippen molar-refractivity contribution < 1.29 is 4.79 Å². The van der Waals surface area contributed by atoms with Crippen molar-refractivity contribution in [1.82, 2.24) is 15.2 Å². The minimum Gasteiger partial charge on any atom is -0.360 e. The Bertz CT molecular complexity index is 724. The molecular weight excluding hydrogens is 310 g/mol. The Hall–Kier alpha value is -1.81. The molecule has 0 bridgehead atoms. The van der Waals surface area contributed by atoms with Gasteiger partial charge in [0.1, 0.15) is 0 Å². The maximum absolute atomic E-state index is 12.8. The van der Waals surface area contributed by atoms with E-state index in [0.717, 1.165) is 23.0 Å². The summed E-state index contributed by atoms with van der Waals surface area (Å²) in [5.74, 6) is 0.0550. The van der Waals surface area contributed by atoms with Crippen LogP contribution in [-0.2, 0) is 0 Å². The van der Waals surface area contributed by atoms with Crippen molar-refractivity contribution in [2.24, 2.45) is 0 Å². The molecule has 0 radical (unpaired) electrons. The van der Waals surface area contributed by atoms with Gasteiger partial charge >= 0.3 is 0 Å². The summed E-state index contributed by atoms with van der Waals surface area (Å²) in [7, 11) is 0. The monoisotopic (exact) mass is 339 g/mol. The average Bonchev–Trinajstić information content (AvgIpc) is 3.12. The van der Waals surface area contributed by atoms with Gasteiger partial charge in [0.2, 0.25) is 0 Å². The van der Waals surface area contributed by atoms with Gasteiger partial charge in [-0.15, -0.1) is 0 Å². The maximum atomic E-state index is 12.8. The van der Waals surface area contributed by atoms with E-state index in [1.54, 1.807) is 0 Å². The Morgan fingerprint density at radius 3 is 2.56 bits per heavy atom. The van der Waals surface area contributed by atoms with Crippen molar-refractivity contribution in [2.45, 2.75) is 56.9 Å². The van der Waals surface area contributed by atoms with E-state index in [1.807, 2.05) is 30.5 Å². The summed E-state index contributed by atoms with van der Waals surface area (Å²) in [6.07, 6.45) is 12.2. The van der Waals surface area contributed by atoms with Crippen LogP contribution in [0.25, 0.3) is 10.9 Å². The Balaban J connectivity index is 1.49. The maximum Gasteiger partial charge on any atom is 0.253 e. The predicted octanol–water partition coefficient (Wildman–Crippen LogP) is 4.09. The number of hydrogen-bond acceptors (Lipinski definition) is 2. The lowest BCUT2D eigenvalue weighted by molar-refractivity contribution is 0.0327. The van der Waals surface area contributed by atoms with Crippen LogP contribution in [0.5, 0.6) is 0 Å². The largest absolute Gasteiger partial charge is 0.360 e. The molecule has 1 amide bonds. The lowest BCUT2D eigenvalue weighted by atomic mass is 9.79. The number of para-hydroxylation sites is 1. The van der Waals surface area contributed by atoms with Gasteiger partial charge in [-0.3, -0.25) is 9.69 Å². The Morgan fingerprint density at radius 2 is 1.76 bits per heavy atom. The van der Waals surface area contributed by atoms with Gasteiger partial charge in [0.25, 0.3) is 5.91 Å². The first-order chi connectivity index (χ1) is 12.3. The van der Waals surface area contributed by atoms with Crippen LogP contribution in [0.4, 0.5) is 0 Å². The number of piperidine rings is 1. The molecule has 1 aliphatic heterocycles. The van der Waals surface area contributed by atoms with Crippen LogP contribution < -0.4 is 5.32 Å². The Labute approximate surface area is 150 Å². The van der Waals surface area contributed by atoms with Crippen molar-refractivity contribution in [3.05, 3.63) is 36.0 Å². The molecule has 4 nitrogen and oxygen atoms in total. The van der Waals surface area contributed by atoms with Crippen molar-refractivity contribution in [2.75, 3.05) is 19.6 Å². The smallest absolute Gasteiger partial charge is 0.253 e. The molecule has 1 aromatic carbocycles. The van der Waals surface area contributed by atoms with Gasteiger partial charge in [-0.25, -0.2) is 0 Å². The van der Waals surface area contributed by atoms with Crippen molar-refractivity contribution in [3.63, 3.8) is 0 Å². The van der Waals surface area contributed by atoms with Gasteiger partial charge < -0.3 is 10.3 Å². The Kier molecular flexibility index (Phi) is 4.80. The van der Waals surface area contributed by atoms with Crippen LogP contribution in [0, 0.1) is 0 Å². The van der Waals surface area contributed by atoms with Gasteiger partial charge in [0.05, 0.1) is 5.56 Å². The number of benzene rings is 1. The van der Waals surface area contributed by atoms with Gasteiger partial charge in [-0.2, -0.15) is 0 Å². The molecule has 0 spiro atoms. The zero-order valence-electron chi connectivity index (χ0n) is 15.0. The fourth-order valence-corrected chi connectivity index (χ4v) is 4.78. The highest BCUT2D eigenvalue weighted by atomic mass is 16.1. The molecule has 1 saturated carbocycles. The van der Waals surface area contributed by atoms with Crippen molar-refractivity contribution >= 4 is 16.8 Å². The summed E-state index contributed by atoms with van der Waals surface area (Å²) in [6, 6.07) is 8.02. The number of carbonyl (C=O) groups excluding carboxylic acids is 1. The first-order valence-electron chi connectivity index (χ1n) is 9.88. The standard InChI is InChI=1S/C21H29N3O/c25-20(18-15-22-19-10-4-3-9-17(18)19)23-16-21(11-5-1-6-12-21)24-13-7-2-8-14-24/h3-4,9-10,15,22H,1-2,5-8,11-14,16H2,(H,23,25). The third kappa shape index (κ3) is 3.32. The molecule has 4 heteroatoms. The number of carbonyl (C=O) groups is 1. The molecule has 1 aromatic heterocycles. The summed E-state index contributed by atoms with van der Waals surface area (Å²) in [5.41, 5.74) is 1.97. The van der Waals surface area contributed by atoms with E-state index >= 15 is 0 Å². The number of rotatable bonds is 4. The lowest BCUT2D eigenvalue weighted by Gasteiger charge is -2.48. The fraction of sp³-hybridized carbons (Fsp3) is 0.571. The van der Waals surface area contributed by atoms with E-state index in [4.69, 9.17) is 0 Å². The van der Waals surface area contributed by atoms with E-state index in [-0.39, 0.29) is 11.4 Å². The molecule has 0 unspecified atom stereocenters. The molecule has 25 heavy (non-hydrogen) atoms. The molecule has 2 fully saturated rings. The van der Waals surface area contributed by atoms with Crippen LogP contribution in [0.3, 0.4) is 0 Å². The number of H-pyrrole nitrogens is 1. The summed E-state index contributed by atoms with van der Waals surface area (Å²) >= 11 is 0. The average molecular weight is 339 g/mol. The van der Waals surface area contributed by atoms with Crippen LogP contribution in [0.2, 0.25) is 0 Å². The molecule has 4 rings (SSSR count). The molecule has 2 heterocycles. The topological polar surface area (TPSA) is 48.1 Å². The highest BCUT2D eigenvalue weighted by Crippen LogP contribution is 2.35. The number of hydrogen-bond donors (Lipinski definition) is 2. The second kappa shape index (κ2) is 7.20. The van der Waals surface area contributed by atoms with E-state index in [1.165, 1.54) is 64.5 Å². The minimum atomic E-state index is 0.0550. The highest BCUT2D eigenvalue weighted by Gasteiger charge is 2.38. The first kappa shape index (κ1) is 16.6. The zero-order chi connectivity index (χ0) is 17.1. The van der Waals surface area contributed by atoms with Gasteiger partial charge in [-0.1, -0.05) is 43.9 Å². The van der Waals surface area contributed by atoms with E-state index in [0.29, 0.717) is 0 Å². The van der Waals surface area contributed by atoms with Gasteiger partial charge in [-0.05, 0) is 44.8 Å². The second-order valence-electron chi connectivity index (χ2n) is 7.76. The van der Waals surface area contributed by atoms with E-state index in [9.17, 15) is 4.79 Å². The number of fused-ring (bicyclic) bond motifs is 1. The van der Waals surface area contributed by atoms with Gasteiger partial charge in [0.15, 0.2) is 0 Å². The number of nitrogens with zero attached hydrogens (tertiary/aromatic N) is 1. The number of amides is 1. The minimum absolute atomic E-state index is 0.0550. The molecule has 1 aliphatic carbocycles. The predicted molar refractivity (Wildman–Crippen MR) is 102 cm³/mol. The molecule has 0 atom stereocenters. The number of nitrogens with one attached hydrogen (secondary N) is 2. The third-order valence-corrected chi connectivity index (χ3v) is 6.22. The van der Waals surface area contributed by atoms with Crippen LogP contribution >= 0.6 is 0 Å².